The average molecular weight is 320 g/mol. The normalized spacial score (nSPS) is 19.3. The first-order chi connectivity index (χ1) is 11.0. The van der Waals surface area contributed by atoms with E-state index in [4.69, 9.17) is 0 Å². The summed E-state index contributed by atoms with van der Waals surface area (Å²) in [6.07, 6.45) is 3.56. The summed E-state index contributed by atoms with van der Waals surface area (Å²) in [6, 6.07) is 5.86. The molecule has 5 heteroatoms. The molecule has 23 heavy (non-hydrogen) atoms. The van der Waals surface area contributed by atoms with E-state index in [9.17, 15) is 14.0 Å². The Morgan fingerprint density at radius 2 is 2.22 bits per heavy atom. The second-order valence-electron chi connectivity index (χ2n) is 6.30. The lowest BCUT2D eigenvalue weighted by molar-refractivity contribution is -0.127. The molecule has 1 saturated heterocycles. The number of likely N-dealkylation sites (tertiary alicyclic amines) is 1. The Morgan fingerprint density at radius 1 is 1.43 bits per heavy atom. The number of hydrogen-bond donors (Lipinski definition) is 1. The van der Waals surface area contributed by atoms with Crippen molar-refractivity contribution in [1.29, 1.82) is 0 Å². The maximum Gasteiger partial charge on any atom is 0.253 e. The molecule has 0 saturated carbocycles. The third kappa shape index (κ3) is 4.78. The van der Waals surface area contributed by atoms with Gasteiger partial charge in [0.2, 0.25) is 5.91 Å². The van der Waals surface area contributed by atoms with Crippen LogP contribution in [0, 0.1) is 11.7 Å². The lowest BCUT2D eigenvalue weighted by Crippen LogP contribution is -2.47. The topological polar surface area (TPSA) is 49.4 Å². The summed E-state index contributed by atoms with van der Waals surface area (Å²) in [5, 5.41) is 3.02. The predicted octanol–water partition coefficient (Wildman–Crippen LogP) is 2.98. The van der Waals surface area contributed by atoms with Crippen molar-refractivity contribution in [2.24, 2.45) is 5.92 Å². The number of halogens is 1. The van der Waals surface area contributed by atoms with Crippen LogP contribution in [-0.2, 0) is 4.79 Å². The van der Waals surface area contributed by atoms with Gasteiger partial charge in [-0.1, -0.05) is 19.4 Å². The van der Waals surface area contributed by atoms with E-state index in [2.05, 4.69) is 12.2 Å². The van der Waals surface area contributed by atoms with Crippen molar-refractivity contribution in [2.75, 3.05) is 13.1 Å². The van der Waals surface area contributed by atoms with Gasteiger partial charge in [-0.3, -0.25) is 9.59 Å². The Labute approximate surface area is 137 Å². The van der Waals surface area contributed by atoms with E-state index in [-0.39, 0.29) is 23.8 Å². The molecular formula is C18H25FN2O2. The van der Waals surface area contributed by atoms with Gasteiger partial charge in [-0.25, -0.2) is 4.39 Å². The first-order valence-corrected chi connectivity index (χ1v) is 8.36. The zero-order chi connectivity index (χ0) is 16.8. The van der Waals surface area contributed by atoms with Gasteiger partial charge < -0.3 is 10.2 Å². The summed E-state index contributed by atoms with van der Waals surface area (Å²) in [5.41, 5.74) is 0.338. The number of carbonyl (C=O) groups is 2. The molecule has 0 aromatic heterocycles. The van der Waals surface area contributed by atoms with Crippen LogP contribution in [0.25, 0.3) is 0 Å². The van der Waals surface area contributed by atoms with Crippen LogP contribution >= 0.6 is 0 Å². The number of carbonyl (C=O) groups excluding carboxylic acids is 2. The number of nitrogens with zero attached hydrogens (tertiary/aromatic N) is 1. The highest BCUT2D eigenvalue weighted by molar-refractivity contribution is 5.94. The fraction of sp³-hybridized carbons (Fsp3) is 0.556. The molecule has 1 aliphatic heterocycles. The van der Waals surface area contributed by atoms with Crippen molar-refractivity contribution >= 4 is 11.8 Å². The largest absolute Gasteiger partial charge is 0.353 e. The van der Waals surface area contributed by atoms with Crippen LogP contribution in [0.1, 0.15) is 49.9 Å². The Morgan fingerprint density at radius 3 is 2.91 bits per heavy atom. The van der Waals surface area contributed by atoms with Gasteiger partial charge in [-0.2, -0.15) is 0 Å². The van der Waals surface area contributed by atoms with Crippen molar-refractivity contribution in [3.05, 3.63) is 35.6 Å². The molecule has 1 N–H and O–H groups in total. The number of hydrogen-bond acceptors (Lipinski definition) is 2. The highest BCUT2D eigenvalue weighted by Gasteiger charge is 2.29. The van der Waals surface area contributed by atoms with Gasteiger partial charge in [0.25, 0.3) is 5.91 Å². The third-order valence-electron chi connectivity index (χ3n) is 4.26. The van der Waals surface area contributed by atoms with Crippen molar-refractivity contribution in [2.45, 2.75) is 45.6 Å². The quantitative estimate of drug-likeness (QED) is 0.907. The summed E-state index contributed by atoms with van der Waals surface area (Å²) < 4.78 is 13.3. The monoisotopic (exact) mass is 320 g/mol. The molecule has 2 amide bonds. The third-order valence-corrected chi connectivity index (χ3v) is 4.26. The van der Waals surface area contributed by atoms with Crippen molar-refractivity contribution in [1.82, 2.24) is 10.2 Å². The van der Waals surface area contributed by atoms with Crippen molar-refractivity contribution in [3.8, 4) is 0 Å². The number of rotatable bonds is 5. The standard InChI is InChI=1S/C18H25FN2O2/c1-3-6-13(2)20-17(22)15-8-5-10-21(12-15)18(23)14-7-4-9-16(19)11-14/h4,7,9,11,13,15H,3,5-6,8,10,12H2,1-2H3,(H,20,22)/t13-,15-/m1/s1. The van der Waals surface area contributed by atoms with Gasteiger partial charge in [0, 0.05) is 24.7 Å². The van der Waals surface area contributed by atoms with Crippen LogP contribution in [0.4, 0.5) is 4.39 Å². The van der Waals surface area contributed by atoms with E-state index < -0.39 is 5.82 Å². The highest BCUT2D eigenvalue weighted by Crippen LogP contribution is 2.19. The summed E-state index contributed by atoms with van der Waals surface area (Å²) in [6.45, 7) is 5.10. The van der Waals surface area contributed by atoms with Gasteiger partial charge in [0.15, 0.2) is 0 Å². The van der Waals surface area contributed by atoms with E-state index >= 15 is 0 Å². The van der Waals surface area contributed by atoms with Crippen LogP contribution in [-0.4, -0.2) is 35.8 Å². The molecule has 1 aromatic rings. The van der Waals surface area contributed by atoms with Gasteiger partial charge >= 0.3 is 0 Å². The minimum absolute atomic E-state index is 0.0164. The molecule has 2 atom stereocenters. The molecule has 0 bridgehead atoms. The summed E-state index contributed by atoms with van der Waals surface area (Å²) in [7, 11) is 0. The van der Waals surface area contributed by atoms with E-state index in [1.165, 1.54) is 18.2 Å². The zero-order valence-electron chi connectivity index (χ0n) is 13.8. The van der Waals surface area contributed by atoms with Gasteiger partial charge in [0.1, 0.15) is 5.82 Å². The van der Waals surface area contributed by atoms with E-state index in [0.717, 1.165) is 25.7 Å². The maximum absolute atomic E-state index is 13.3. The van der Waals surface area contributed by atoms with E-state index in [0.29, 0.717) is 18.7 Å². The van der Waals surface area contributed by atoms with Crippen molar-refractivity contribution in [3.63, 3.8) is 0 Å². The summed E-state index contributed by atoms with van der Waals surface area (Å²) in [4.78, 5) is 26.5. The molecule has 1 fully saturated rings. The van der Waals surface area contributed by atoms with Crippen LogP contribution < -0.4 is 5.32 Å². The highest BCUT2D eigenvalue weighted by atomic mass is 19.1. The Bertz CT molecular complexity index is 562. The molecule has 1 aliphatic rings. The number of piperidine rings is 1. The average Bonchev–Trinajstić information content (AvgIpc) is 2.54. The van der Waals surface area contributed by atoms with Crippen LogP contribution in [0.2, 0.25) is 0 Å². The molecule has 0 aliphatic carbocycles. The Balaban J connectivity index is 1.97. The molecule has 2 rings (SSSR count). The first kappa shape index (κ1) is 17.4. The van der Waals surface area contributed by atoms with Crippen LogP contribution in [0.15, 0.2) is 24.3 Å². The van der Waals surface area contributed by atoms with E-state index in [1.807, 2.05) is 6.92 Å². The number of amides is 2. The SMILES string of the molecule is CCC[C@@H](C)NC(=O)[C@@H]1CCCN(C(=O)c2cccc(F)c2)C1. The molecule has 1 aromatic carbocycles. The fourth-order valence-corrected chi connectivity index (χ4v) is 3.05. The smallest absolute Gasteiger partial charge is 0.253 e. The molecule has 0 radical (unpaired) electrons. The van der Waals surface area contributed by atoms with Crippen LogP contribution in [0.3, 0.4) is 0 Å². The van der Waals surface area contributed by atoms with Gasteiger partial charge in [0.05, 0.1) is 5.92 Å². The van der Waals surface area contributed by atoms with E-state index in [1.54, 1.807) is 11.0 Å². The molecular weight excluding hydrogens is 295 g/mol. The lowest BCUT2D eigenvalue weighted by Gasteiger charge is -2.32. The number of benzene rings is 1. The maximum atomic E-state index is 13.3. The Kier molecular flexibility index (Phi) is 6.13. The molecule has 126 valence electrons. The minimum Gasteiger partial charge on any atom is -0.353 e. The van der Waals surface area contributed by atoms with Gasteiger partial charge in [-0.05, 0) is 44.4 Å². The second kappa shape index (κ2) is 8.09. The number of nitrogens with one attached hydrogen (secondary N) is 1. The molecule has 1 heterocycles. The zero-order valence-corrected chi connectivity index (χ0v) is 13.8. The first-order valence-electron chi connectivity index (χ1n) is 8.36. The fourth-order valence-electron chi connectivity index (χ4n) is 3.05. The molecule has 4 nitrogen and oxygen atoms in total. The lowest BCUT2D eigenvalue weighted by atomic mass is 9.96. The minimum atomic E-state index is -0.421. The predicted molar refractivity (Wildman–Crippen MR) is 87.5 cm³/mol. The summed E-state index contributed by atoms with van der Waals surface area (Å²) in [5.74, 6) is -0.789. The molecule has 0 spiro atoms. The van der Waals surface area contributed by atoms with Crippen LogP contribution in [0.5, 0.6) is 0 Å². The summed E-state index contributed by atoms with van der Waals surface area (Å²) >= 11 is 0. The van der Waals surface area contributed by atoms with Crippen molar-refractivity contribution < 1.29 is 14.0 Å². The second-order valence-corrected chi connectivity index (χ2v) is 6.30. The Hall–Kier alpha value is -1.91. The molecule has 0 unspecified atom stereocenters. The van der Waals surface area contributed by atoms with Gasteiger partial charge in [-0.15, -0.1) is 0 Å².